The summed E-state index contributed by atoms with van der Waals surface area (Å²) in [4.78, 5) is 2.44. The lowest BCUT2D eigenvalue weighted by molar-refractivity contribution is 0.295. The van der Waals surface area contributed by atoms with E-state index in [2.05, 4.69) is 4.90 Å². The van der Waals surface area contributed by atoms with E-state index in [1.54, 1.807) is 23.9 Å². The van der Waals surface area contributed by atoms with Crippen molar-refractivity contribution in [2.75, 3.05) is 31.7 Å². The van der Waals surface area contributed by atoms with Gasteiger partial charge >= 0.3 is 0 Å². The van der Waals surface area contributed by atoms with Crippen LogP contribution >= 0.6 is 11.8 Å². The standard InChI is InChI=1S/C21H22FN3OS/c1-26-18-8-6-16(7-9-18)21-17(14-24-10-12-27-13-11-24)15-25(23-21)20-5-3-2-4-19(20)22/h2-9,15H,10-14H2,1H3. The highest BCUT2D eigenvalue weighted by Gasteiger charge is 2.18. The monoisotopic (exact) mass is 383 g/mol. The quantitative estimate of drug-likeness (QED) is 0.659. The van der Waals surface area contributed by atoms with Gasteiger partial charge in [0, 0.05) is 48.5 Å². The number of ether oxygens (including phenoxy) is 1. The van der Waals surface area contributed by atoms with E-state index in [9.17, 15) is 4.39 Å². The number of nitrogens with zero attached hydrogens (tertiary/aromatic N) is 3. The molecule has 0 aliphatic carbocycles. The van der Waals surface area contributed by atoms with Crippen LogP contribution in [0.15, 0.2) is 54.7 Å². The van der Waals surface area contributed by atoms with E-state index >= 15 is 0 Å². The Morgan fingerprint density at radius 2 is 1.81 bits per heavy atom. The molecule has 1 aliphatic heterocycles. The van der Waals surface area contributed by atoms with Crippen molar-refractivity contribution in [2.24, 2.45) is 0 Å². The summed E-state index contributed by atoms with van der Waals surface area (Å²) in [6.45, 7) is 2.95. The number of para-hydroxylation sites is 1. The summed E-state index contributed by atoms with van der Waals surface area (Å²) in [6, 6.07) is 14.6. The molecule has 0 spiro atoms. The van der Waals surface area contributed by atoms with Crippen molar-refractivity contribution in [1.82, 2.24) is 14.7 Å². The zero-order valence-corrected chi connectivity index (χ0v) is 16.1. The molecule has 0 N–H and O–H groups in total. The molecule has 2 heterocycles. The number of halogens is 1. The van der Waals surface area contributed by atoms with Gasteiger partial charge in [-0.3, -0.25) is 4.90 Å². The first-order valence-corrected chi connectivity index (χ1v) is 10.2. The molecular formula is C21H22FN3OS. The van der Waals surface area contributed by atoms with Crippen molar-refractivity contribution in [2.45, 2.75) is 6.54 Å². The van der Waals surface area contributed by atoms with Crippen LogP contribution in [0.5, 0.6) is 5.75 Å². The minimum Gasteiger partial charge on any atom is -0.497 e. The van der Waals surface area contributed by atoms with E-state index in [4.69, 9.17) is 9.84 Å². The van der Waals surface area contributed by atoms with Gasteiger partial charge in [0.05, 0.1) is 12.8 Å². The maximum Gasteiger partial charge on any atom is 0.148 e. The molecule has 140 valence electrons. The van der Waals surface area contributed by atoms with Gasteiger partial charge < -0.3 is 4.74 Å². The molecule has 1 saturated heterocycles. The third-order valence-electron chi connectivity index (χ3n) is 4.75. The van der Waals surface area contributed by atoms with Gasteiger partial charge in [-0.1, -0.05) is 12.1 Å². The molecule has 27 heavy (non-hydrogen) atoms. The van der Waals surface area contributed by atoms with Crippen LogP contribution in [-0.2, 0) is 6.54 Å². The number of hydrogen-bond acceptors (Lipinski definition) is 4. The molecule has 2 aromatic carbocycles. The Labute approximate surface area is 162 Å². The van der Waals surface area contributed by atoms with Crippen LogP contribution in [0.3, 0.4) is 0 Å². The lowest BCUT2D eigenvalue weighted by Gasteiger charge is -2.25. The van der Waals surface area contributed by atoms with Gasteiger partial charge in [-0.25, -0.2) is 9.07 Å². The Bertz CT molecular complexity index is 904. The normalized spacial score (nSPS) is 15.0. The minimum absolute atomic E-state index is 0.276. The van der Waals surface area contributed by atoms with Crippen LogP contribution in [0.1, 0.15) is 5.56 Å². The predicted octanol–water partition coefficient (Wildman–Crippen LogP) is 4.24. The zero-order chi connectivity index (χ0) is 18.6. The Kier molecular flexibility index (Phi) is 5.45. The lowest BCUT2D eigenvalue weighted by atomic mass is 10.1. The molecule has 4 rings (SSSR count). The molecular weight excluding hydrogens is 361 g/mol. The first-order valence-electron chi connectivity index (χ1n) is 9.02. The maximum atomic E-state index is 14.3. The fourth-order valence-corrected chi connectivity index (χ4v) is 4.26. The minimum atomic E-state index is -0.276. The lowest BCUT2D eigenvalue weighted by Crippen LogP contribution is -2.32. The summed E-state index contributed by atoms with van der Waals surface area (Å²) in [6.07, 6.45) is 1.96. The van der Waals surface area contributed by atoms with Crippen LogP contribution < -0.4 is 4.74 Å². The van der Waals surface area contributed by atoms with Gasteiger partial charge in [-0.2, -0.15) is 16.9 Å². The van der Waals surface area contributed by atoms with Gasteiger partial charge in [-0.05, 0) is 36.4 Å². The molecule has 6 heteroatoms. The van der Waals surface area contributed by atoms with Crippen molar-refractivity contribution >= 4 is 11.8 Å². The van der Waals surface area contributed by atoms with Crippen LogP contribution in [0.4, 0.5) is 4.39 Å². The molecule has 1 fully saturated rings. The highest BCUT2D eigenvalue weighted by molar-refractivity contribution is 7.99. The summed E-state index contributed by atoms with van der Waals surface area (Å²) in [7, 11) is 1.65. The van der Waals surface area contributed by atoms with Gasteiger partial charge in [0.1, 0.15) is 17.3 Å². The number of rotatable bonds is 5. The topological polar surface area (TPSA) is 30.3 Å². The second-order valence-corrected chi connectivity index (χ2v) is 7.74. The highest BCUT2D eigenvalue weighted by Crippen LogP contribution is 2.28. The molecule has 1 aliphatic rings. The Balaban J connectivity index is 1.73. The van der Waals surface area contributed by atoms with Crippen molar-refractivity contribution in [3.05, 3.63) is 66.1 Å². The number of methoxy groups -OCH3 is 1. The fourth-order valence-electron chi connectivity index (χ4n) is 3.28. The molecule has 4 nitrogen and oxygen atoms in total. The summed E-state index contributed by atoms with van der Waals surface area (Å²) >= 11 is 1.99. The second kappa shape index (κ2) is 8.15. The summed E-state index contributed by atoms with van der Waals surface area (Å²) in [5, 5.41) is 4.74. The van der Waals surface area contributed by atoms with Gasteiger partial charge in [0.2, 0.25) is 0 Å². The van der Waals surface area contributed by atoms with E-state index in [0.717, 1.165) is 53.7 Å². The van der Waals surface area contributed by atoms with Crippen LogP contribution in [0, 0.1) is 5.82 Å². The zero-order valence-electron chi connectivity index (χ0n) is 15.3. The molecule has 0 unspecified atom stereocenters. The third-order valence-corrected chi connectivity index (χ3v) is 5.69. The fraction of sp³-hybridized carbons (Fsp3) is 0.286. The van der Waals surface area contributed by atoms with Gasteiger partial charge in [0.25, 0.3) is 0 Å². The third kappa shape index (κ3) is 4.01. The average molecular weight is 383 g/mol. The van der Waals surface area contributed by atoms with E-state index in [0.29, 0.717) is 5.69 Å². The Morgan fingerprint density at radius 1 is 1.07 bits per heavy atom. The van der Waals surface area contributed by atoms with Crippen molar-refractivity contribution in [3.8, 4) is 22.7 Å². The van der Waals surface area contributed by atoms with E-state index in [1.165, 1.54) is 6.07 Å². The summed E-state index contributed by atoms with van der Waals surface area (Å²) in [5.41, 5.74) is 3.47. The molecule has 0 amide bonds. The Morgan fingerprint density at radius 3 is 2.52 bits per heavy atom. The number of benzene rings is 2. The Hall–Kier alpha value is -2.31. The summed E-state index contributed by atoms with van der Waals surface area (Å²) in [5.74, 6) is 2.84. The molecule has 0 bridgehead atoms. The second-order valence-electron chi connectivity index (χ2n) is 6.52. The van der Waals surface area contributed by atoms with Crippen molar-refractivity contribution in [1.29, 1.82) is 0 Å². The first-order chi connectivity index (χ1) is 13.2. The maximum absolute atomic E-state index is 14.3. The smallest absolute Gasteiger partial charge is 0.148 e. The molecule has 0 atom stereocenters. The van der Waals surface area contributed by atoms with Crippen molar-refractivity contribution < 1.29 is 9.13 Å². The predicted molar refractivity (Wildman–Crippen MR) is 108 cm³/mol. The molecule has 3 aromatic rings. The molecule has 0 radical (unpaired) electrons. The number of hydrogen-bond donors (Lipinski definition) is 0. The molecule has 0 saturated carbocycles. The van der Waals surface area contributed by atoms with Crippen LogP contribution in [-0.4, -0.2) is 46.4 Å². The van der Waals surface area contributed by atoms with E-state index < -0.39 is 0 Å². The van der Waals surface area contributed by atoms with Gasteiger partial charge in [0.15, 0.2) is 0 Å². The molecule has 1 aromatic heterocycles. The van der Waals surface area contributed by atoms with Crippen LogP contribution in [0.25, 0.3) is 16.9 Å². The van der Waals surface area contributed by atoms with Gasteiger partial charge in [-0.15, -0.1) is 0 Å². The highest BCUT2D eigenvalue weighted by atomic mass is 32.2. The largest absolute Gasteiger partial charge is 0.497 e. The van der Waals surface area contributed by atoms with E-state index in [1.807, 2.05) is 48.3 Å². The SMILES string of the molecule is COc1ccc(-c2nn(-c3ccccc3F)cc2CN2CCSCC2)cc1. The number of thioether (sulfide) groups is 1. The van der Waals surface area contributed by atoms with Crippen molar-refractivity contribution in [3.63, 3.8) is 0 Å². The summed E-state index contributed by atoms with van der Waals surface area (Å²) < 4.78 is 21.2. The van der Waals surface area contributed by atoms with Crippen LogP contribution in [0.2, 0.25) is 0 Å². The van der Waals surface area contributed by atoms with E-state index in [-0.39, 0.29) is 5.82 Å². The number of aromatic nitrogens is 2. The average Bonchev–Trinajstić information content (AvgIpc) is 3.12. The first kappa shape index (κ1) is 18.1.